The van der Waals surface area contributed by atoms with Gasteiger partial charge < -0.3 is 10.1 Å². The van der Waals surface area contributed by atoms with Gasteiger partial charge in [0.05, 0.1) is 30.3 Å². The minimum Gasteiger partial charge on any atom is -0.495 e. The predicted octanol–water partition coefficient (Wildman–Crippen LogP) is 4.53. The van der Waals surface area contributed by atoms with Crippen molar-refractivity contribution in [1.82, 2.24) is 0 Å². The highest BCUT2D eigenvalue weighted by molar-refractivity contribution is 6.31. The number of carbonyl (C=O) groups is 3. The number of carbonyl (C=O) groups excluding carboxylic acids is 3. The van der Waals surface area contributed by atoms with Crippen LogP contribution in [0.1, 0.15) is 36.5 Å². The molecule has 1 saturated heterocycles. The second kappa shape index (κ2) is 8.11. The Morgan fingerprint density at radius 2 is 1.87 bits per heavy atom. The predicted molar refractivity (Wildman–Crippen MR) is 115 cm³/mol. The molecule has 2 aromatic carbocycles. The van der Waals surface area contributed by atoms with E-state index < -0.39 is 0 Å². The van der Waals surface area contributed by atoms with Crippen molar-refractivity contribution in [2.75, 3.05) is 17.3 Å². The maximum atomic E-state index is 13.0. The van der Waals surface area contributed by atoms with E-state index >= 15 is 0 Å². The Kier molecular flexibility index (Phi) is 5.52. The van der Waals surface area contributed by atoms with Crippen LogP contribution in [0.2, 0.25) is 5.02 Å². The lowest BCUT2D eigenvalue weighted by Gasteiger charge is -2.25. The van der Waals surface area contributed by atoms with E-state index in [0.717, 1.165) is 19.3 Å². The van der Waals surface area contributed by atoms with Gasteiger partial charge in [0.25, 0.3) is 5.91 Å². The van der Waals surface area contributed by atoms with Gasteiger partial charge in [-0.15, -0.1) is 0 Å². The van der Waals surface area contributed by atoms with Crippen LogP contribution in [0, 0.1) is 17.8 Å². The van der Waals surface area contributed by atoms with Crippen LogP contribution < -0.4 is 15.0 Å². The highest BCUT2D eigenvalue weighted by atomic mass is 35.5. The van der Waals surface area contributed by atoms with Crippen molar-refractivity contribution in [1.29, 1.82) is 0 Å². The lowest BCUT2D eigenvalue weighted by atomic mass is 9.76. The lowest BCUT2D eigenvalue weighted by molar-refractivity contribution is -0.122. The number of hydrogen-bond acceptors (Lipinski definition) is 4. The molecular formula is C23H23ClN2O4. The van der Waals surface area contributed by atoms with Crippen LogP contribution in [0.25, 0.3) is 0 Å². The van der Waals surface area contributed by atoms with Crippen LogP contribution in [0.15, 0.2) is 42.5 Å². The van der Waals surface area contributed by atoms with Gasteiger partial charge in [0.1, 0.15) is 5.75 Å². The molecule has 1 aliphatic carbocycles. The smallest absolute Gasteiger partial charge is 0.255 e. The SMILES string of the molecule is COc1ccc(Cl)cc1NC(=O)c1cccc(N2C(=O)[C@H]3C[C@H](C)CC[C@H]3C2=O)c1. The summed E-state index contributed by atoms with van der Waals surface area (Å²) in [6, 6.07) is 11.5. The second-order valence-corrected chi connectivity index (χ2v) is 8.43. The summed E-state index contributed by atoms with van der Waals surface area (Å²) in [5, 5.41) is 3.24. The first-order valence-corrected chi connectivity index (χ1v) is 10.4. The summed E-state index contributed by atoms with van der Waals surface area (Å²) in [6.45, 7) is 2.12. The average molecular weight is 427 g/mol. The number of amides is 3. The van der Waals surface area contributed by atoms with Gasteiger partial charge in [-0.2, -0.15) is 0 Å². The number of hydrogen-bond donors (Lipinski definition) is 1. The Labute approximate surface area is 180 Å². The maximum absolute atomic E-state index is 13.0. The Morgan fingerprint density at radius 1 is 1.10 bits per heavy atom. The van der Waals surface area contributed by atoms with Crippen LogP contribution >= 0.6 is 11.6 Å². The van der Waals surface area contributed by atoms with Crippen molar-refractivity contribution in [2.24, 2.45) is 17.8 Å². The summed E-state index contributed by atoms with van der Waals surface area (Å²) in [5.41, 5.74) is 1.20. The molecule has 2 aliphatic rings. The molecule has 0 unspecified atom stereocenters. The monoisotopic (exact) mass is 426 g/mol. The van der Waals surface area contributed by atoms with E-state index in [1.165, 1.54) is 12.0 Å². The van der Waals surface area contributed by atoms with Gasteiger partial charge >= 0.3 is 0 Å². The Balaban J connectivity index is 1.59. The molecule has 4 rings (SSSR count). The van der Waals surface area contributed by atoms with Gasteiger partial charge in [0, 0.05) is 10.6 Å². The molecule has 0 aromatic heterocycles. The lowest BCUT2D eigenvalue weighted by Crippen LogP contribution is -2.31. The zero-order valence-electron chi connectivity index (χ0n) is 16.9. The largest absolute Gasteiger partial charge is 0.495 e. The molecule has 0 radical (unpaired) electrons. The summed E-state index contributed by atoms with van der Waals surface area (Å²) in [4.78, 5) is 40.0. The molecule has 0 spiro atoms. The molecule has 156 valence electrons. The van der Waals surface area contributed by atoms with E-state index in [9.17, 15) is 14.4 Å². The minimum atomic E-state index is -0.387. The van der Waals surface area contributed by atoms with Crippen molar-refractivity contribution < 1.29 is 19.1 Å². The van der Waals surface area contributed by atoms with Gasteiger partial charge in [-0.1, -0.05) is 24.6 Å². The third kappa shape index (κ3) is 3.67. The zero-order chi connectivity index (χ0) is 21.4. The standard InChI is InChI=1S/C23H23ClN2O4/c1-13-6-8-17-18(10-13)23(29)26(22(17)28)16-5-3-4-14(11-16)21(27)25-19-12-15(24)7-9-20(19)30-2/h3-5,7,9,11-13,17-18H,6,8,10H2,1-2H3,(H,25,27)/t13-,17-,18+/m1/s1. The first kappa shape index (κ1) is 20.4. The number of nitrogens with one attached hydrogen (secondary N) is 1. The normalized spacial score (nSPS) is 23.3. The van der Waals surface area contributed by atoms with Crippen LogP contribution in [-0.4, -0.2) is 24.8 Å². The van der Waals surface area contributed by atoms with Gasteiger partial charge in [-0.25, -0.2) is 0 Å². The summed E-state index contributed by atoms with van der Waals surface area (Å²) < 4.78 is 5.26. The van der Waals surface area contributed by atoms with Crippen LogP contribution in [-0.2, 0) is 9.59 Å². The van der Waals surface area contributed by atoms with Crippen LogP contribution in [0.3, 0.4) is 0 Å². The summed E-state index contributed by atoms with van der Waals surface area (Å²) in [5.74, 6) is -0.296. The second-order valence-electron chi connectivity index (χ2n) is 7.99. The van der Waals surface area contributed by atoms with Crippen molar-refractivity contribution in [3.63, 3.8) is 0 Å². The number of anilines is 2. The number of rotatable bonds is 4. The molecule has 1 saturated carbocycles. The van der Waals surface area contributed by atoms with Crippen molar-refractivity contribution in [3.8, 4) is 5.75 Å². The Bertz CT molecular complexity index is 1020. The topological polar surface area (TPSA) is 75.7 Å². The molecule has 7 heteroatoms. The summed E-state index contributed by atoms with van der Waals surface area (Å²) >= 11 is 6.03. The average Bonchev–Trinajstić information content (AvgIpc) is 2.98. The highest BCUT2D eigenvalue weighted by Crippen LogP contribution is 2.42. The van der Waals surface area contributed by atoms with Gasteiger partial charge in [0.2, 0.25) is 11.8 Å². The fraction of sp³-hybridized carbons (Fsp3) is 0.348. The van der Waals surface area contributed by atoms with Crippen LogP contribution in [0.4, 0.5) is 11.4 Å². The number of ether oxygens (including phenoxy) is 1. The number of benzene rings is 2. The van der Waals surface area contributed by atoms with Gasteiger partial charge in [0.15, 0.2) is 0 Å². The van der Waals surface area contributed by atoms with E-state index in [2.05, 4.69) is 12.2 Å². The molecule has 0 bridgehead atoms. The molecule has 1 aliphatic heterocycles. The number of nitrogens with zero attached hydrogens (tertiary/aromatic N) is 1. The molecule has 3 amide bonds. The van der Waals surface area contributed by atoms with E-state index in [0.29, 0.717) is 33.6 Å². The van der Waals surface area contributed by atoms with Crippen molar-refractivity contribution in [3.05, 3.63) is 53.1 Å². The third-order valence-electron chi connectivity index (χ3n) is 5.96. The molecule has 30 heavy (non-hydrogen) atoms. The molecule has 2 aromatic rings. The van der Waals surface area contributed by atoms with E-state index in [1.54, 1.807) is 42.5 Å². The molecule has 1 N–H and O–H groups in total. The number of halogens is 1. The highest BCUT2D eigenvalue weighted by Gasteiger charge is 2.50. The summed E-state index contributed by atoms with van der Waals surface area (Å²) in [6.07, 6.45) is 2.43. The molecular weight excluding hydrogens is 404 g/mol. The van der Waals surface area contributed by atoms with Crippen molar-refractivity contribution >= 4 is 40.7 Å². The first-order valence-electron chi connectivity index (χ1n) is 10.0. The molecule has 1 heterocycles. The molecule has 3 atom stereocenters. The molecule has 6 nitrogen and oxygen atoms in total. The summed E-state index contributed by atoms with van der Waals surface area (Å²) in [7, 11) is 1.50. The Morgan fingerprint density at radius 3 is 2.63 bits per heavy atom. The Hall–Kier alpha value is -2.86. The third-order valence-corrected chi connectivity index (χ3v) is 6.20. The van der Waals surface area contributed by atoms with Crippen molar-refractivity contribution in [2.45, 2.75) is 26.2 Å². The van der Waals surface area contributed by atoms with Crippen LogP contribution in [0.5, 0.6) is 5.75 Å². The zero-order valence-corrected chi connectivity index (χ0v) is 17.6. The molecule has 2 fully saturated rings. The maximum Gasteiger partial charge on any atom is 0.255 e. The van der Waals surface area contributed by atoms with Gasteiger partial charge in [-0.3, -0.25) is 19.3 Å². The number of imide groups is 1. The number of methoxy groups -OCH3 is 1. The quantitative estimate of drug-likeness (QED) is 0.729. The van der Waals surface area contributed by atoms with E-state index in [4.69, 9.17) is 16.3 Å². The fourth-order valence-electron chi connectivity index (χ4n) is 4.40. The van der Waals surface area contributed by atoms with Gasteiger partial charge in [-0.05, 0) is 61.6 Å². The fourth-order valence-corrected chi connectivity index (χ4v) is 4.57. The minimum absolute atomic E-state index is 0.161. The number of fused-ring (bicyclic) bond motifs is 1. The van der Waals surface area contributed by atoms with E-state index in [-0.39, 0.29) is 29.6 Å². The van der Waals surface area contributed by atoms with E-state index in [1.807, 2.05) is 0 Å². The first-order chi connectivity index (χ1) is 14.4.